The molecule has 0 bridgehead atoms. The van der Waals surface area contributed by atoms with Gasteiger partial charge in [0.1, 0.15) is 12.4 Å². The number of amides is 1. The highest BCUT2D eigenvalue weighted by molar-refractivity contribution is 5.76. The van der Waals surface area contributed by atoms with Crippen molar-refractivity contribution in [3.63, 3.8) is 0 Å². The first kappa shape index (κ1) is 16.7. The zero-order valence-electron chi connectivity index (χ0n) is 13.0. The molecule has 0 unspecified atom stereocenters. The lowest BCUT2D eigenvalue weighted by molar-refractivity contribution is -0.133. The summed E-state index contributed by atoms with van der Waals surface area (Å²) in [5.41, 5.74) is -0.336. The van der Waals surface area contributed by atoms with E-state index in [9.17, 15) is 18.8 Å². The summed E-state index contributed by atoms with van der Waals surface area (Å²) >= 11 is 0. The number of nitrogens with zero attached hydrogens (tertiary/aromatic N) is 2. The van der Waals surface area contributed by atoms with E-state index in [4.69, 9.17) is 0 Å². The Balaban J connectivity index is 2.19. The number of carbonyl (C=O) groups is 1. The molecule has 0 aliphatic carbocycles. The van der Waals surface area contributed by atoms with Gasteiger partial charge in [0.2, 0.25) is 5.91 Å². The van der Waals surface area contributed by atoms with Crippen LogP contribution in [0.4, 0.5) is 4.39 Å². The van der Waals surface area contributed by atoms with Gasteiger partial charge in [-0.1, -0.05) is 12.1 Å². The number of carbonyl (C=O) groups excluding carboxylic acids is 1. The number of benzene rings is 1. The average molecular weight is 319 g/mol. The fourth-order valence-electron chi connectivity index (χ4n) is 2.39. The molecule has 1 N–H and O–H groups in total. The molecule has 1 atom stereocenters. The third kappa shape index (κ3) is 3.94. The number of H-pyrrole nitrogens is 1. The zero-order chi connectivity index (χ0) is 17.0. The Kier molecular flexibility index (Phi) is 5.10. The van der Waals surface area contributed by atoms with Crippen LogP contribution in [0.15, 0.2) is 46.1 Å². The third-order valence-corrected chi connectivity index (χ3v) is 3.68. The summed E-state index contributed by atoms with van der Waals surface area (Å²) in [6, 6.07) is 6.87. The van der Waals surface area contributed by atoms with Crippen LogP contribution in [-0.4, -0.2) is 26.9 Å². The van der Waals surface area contributed by atoms with Gasteiger partial charge in [0.25, 0.3) is 5.56 Å². The van der Waals surface area contributed by atoms with Crippen LogP contribution in [0.1, 0.15) is 25.5 Å². The molecule has 0 aliphatic heterocycles. The molecular weight excluding hydrogens is 301 g/mol. The quantitative estimate of drug-likeness (QED) is 0.902. The molecule has 1 aromatic heterocycles. The van der Waals surface area contributed by atoms with Gasteiger partial charge < -0.3 is 4.90 Å². The molecule has 6 nitrogen and oxygen atoms in total. The molecule has 1 heterocycles. The SMILES string of the molecule is CCN(C(=O)Cn1ccc(=O)[nH]c1=O)[C@@H](C)c1ccc(F)cc1. The summed E-state index contributed by atoms with van der Waals surface area (Å²) in [6.07, 6.45) is 1.29. The van der Waals surface area contributed by atoms with Gasteiger partial charge in [0.15, 0.2) is 0 Å². The van der Waals surface area contributed by atoms with Crippen molar-refractivity contribution in [3.8, 4) is 0 Å². The third-order valence-electron chi connectivity index (χ3n) is 3.68. The zero-order valence-corrected chi connectivity index (χ0v) is 13.0. The summed E-state index contributed by atoms with van der Waals surface area (Å²) in [5, 5.41) is 0. The highest BCUT2D eigenvalue weighted by atomic mass is 19.1. The number of nitrogens with one attached hydrogen (secondary N) is 1. The van der Waals surface area contributed by atoms with Crippen molar-refractivity contribution in [1.82, 2.24) is 14.5 Å². The smallest absolute Gasteiger partial charge is 0.328 e. The number of aromatic amines is 1. The Morgan fingerprint density at radius 1 is 1.26 bits per heavy atom. The van der Waals surface area contributed by atoms with Crippen LogP contribution in [0.2, 0.25) is 0 Å². The fourth-order valence-corrected chi connectivity index (χ4v) is 2.39. The van der Waals surface area contributed by atoms with Gasteiger partial charge in [-0.05, 0) is 31.5 Å². The van der Waals surface area contributed by atoms with Gasteiger partial charge in [-0.3, -0.25) is 19.1 Å². The maximum atomic E-state index is 13.0. The highest BCUT2D eigenvalue weighted by Crippen LogP contribution is 2.20. The Morgan fingerprint density at radius 3 is 2.48 bits per heavy atom. The Bertz CT molecular complexity index is 795. The minimum absolute atomic E-state index is 0.172. The van der Waals surface area contributed by atoms with Crippen molar-refractivity contribution >= 4 is 5.91 Å². The van der Waals surface area contributed by atoms with E-state index in [1.165, 1.54) is 24.4 Å². The first-order valence-electron chi connectivity index (χ1n) is 7.27. The second-order valence-electron chi connectivity index (χ2n) is 5.15. The summed E-state index contributed by atoms with van der Waals surface area (Å²) in [7, 11) is 0. The molecular formula is C16H18FN3O3. The lowest BCUT2D eigenvalue weighted by Gasteiger charge is -2.28. The Hall–Kier alpha value is -2.70. The first-order chi connectivity index (χ1) is 10.9. The molecule has 0 spiro atoms. The molecule has 23 heavy (non-hydrogen) atoms. The molecule has 0 saturated carbocycles. The van der Waals surface area contributed by atoms with Crippen LogP contribution < -0.4 is 11.2 Å². The summed E-state index contributed by atoms with van der Waals surface area (Å²) in [6.45, 7) is 3.93. The van der Waals surface area contributed by atoms with Crippen LogP contribution >= 0.6 is 0 Å². The van der Waals surface area contributed by atoms with E-state index in [2.05, 4.69) is 4.98 Å². The van der Waals surface area contributed by atoms with E-state index in [1.807, 2.05) is 13.8 Å². The number of hydrogen-bond donors (Lipinski definition) is 1. The molecule has 7 heteroatoms. The van der Waals surface area contributed by atoms with Crippen molar-refractivity contribution in [2.75, 3.05) is 6.54 Å². The van der Waals surface area contributed by atoms with Crippen LogP contribution in [-0.2, 0) is 11.3 Å². The molecule has 2 aromatic rings. The molecule has 1 aromatic carbocycles. The number of halogens is 1. The maximum absolute atomic E-state index is 13.0. The monoisotopic (exact) mass is 319 g/mol. The molecule has 0 fully saturated rings. The van der Waals surface area contributed by atoms with Crippen LogP contribution in [0.25, 0.3) is 0 Å². The minimum Gasteiger partial charge on any atom is -0.335 e. The standard InChI is InChI=1S/C16H18FN3O3/c1-3-20(11(2)12-4-6-13(17)7-5-12)15(22)10-19-9-8-14(21)18-16(19)23/h4-9,11H,3,10H2,1-2H3,(H,18,21,23)/t11-/m0/s1. The predicted octanol–water partition coefficient (Wildman–Crippen LogP) is 1.29. The normalized spacial score (nSPS) is 12.0. The minimum atomic E-state index is -0.628. The van der Waals surface area contributed by atoms with E-state index in [-0.39, 0.29) is 24.3 Å². The highest BCUT2D eigenvalue weighted by Gasteiger charge is 2.20. The van der Waals surface area contributed by atoms with Crippen molar-refractivity contribution in [2.24, 2.45) is 0 Å². The number of aromatic nitrogens is 2. The molecule has 0 radical (unpaired) electrons. The van der Waals surface area contributed by atoms with E-state index in [1.54, 1.807) is 17.0 Å². The molecule has 0 saturated heterocycles. The Labute approximate surface area is 132 Å². The van der Waals surface area contributed by atoms with Gasteiger partial charge in [-0.2, -0.15) is 0 Å². The second kappa shape index (κ2) is 7.04. The summed E-state index contributed by atoms with van der Waals surface area (Å²) in [4.78, 5) is 38.9. The molecule has 1 amide bonds. The number of likely N-dealkylation sites (N-methyl/N-ethyl adjacent to an activating group) is 1. The molecule has 122 valence electrons. The van der Waals surface area contributed by atoms with Crippen molar-refractivity contribution in [3.05, 3.63) is 68.7 Å². The van der Waals surface area contributed by atoms with Crippen LogP contribution in [0, 0.1) is 5.82 Å². The predicted molar refractivity (Wildman–Crippen MR) is 83.5 cm³/mol. The van der Waals surface area contributed by atoms with Gasteiger partial charge in [0, 0.05) is 18.8 Å². The first-order valence-corrected chi connectivity index (χ1v) is 7.27. The van der Waals surface area contributed by atoms with Crippen molar-refractivity contribution < 1.29 is 9.18 Å². The summed E-state index contributed by atoms with van der Waals surface area (Å²) in [5.74, 6) is -0.603. The molecule has 0 aliphatic rings. The van der Waals surface area contributed by atoms with Gasteiger partial charge in [-0.15, -0.1) is 0 Å². The summed E-state index contributed by atoms with van der Waals surface area (Å²) < 4.78 is 14.2. The van der Waals surface area contributed by atoms with Crippen LogP contribution in [0.3, 0.4) is 0 Å². The van der Waals surface area contributed by atoms with E-state index >= 15 is 0 Å². The largest absolute Gasteiger partial charge is 0.335 e. The van der Waals surface area contributed by atoms with Crippen molar-refractivity contribution in [2.45, 2.75) is 26.4 Å². The van der Waals surface area contributed by atoms with Gasteiger partial charge >= 0.3 is 5.69 Å². The van der Waals surface area contributed by atoms with Gasteiger partial charge in [0.05, 0.1) is 6.04 Å². The van der Waals surface area contributed by atoms with E-state index < -0.39 is 11.2 Å². The second-order valence-corrected chi connectivity index (χ2v) is 5.15. The molecule has 2 rings (SSSR count). The van der Waals surface area contributed by atoms with E-state index in [0.29, 0.717) is 6.54 Å². The maximum Gasteiger partial charge on any atom is 0.328 e. The Morgan fingerprint density at radius 2 is 1.91 bits per heavy atom. The average Bonchev–Trinajstić information content (AvgIpc) is 2.51. The lowest BCUT2D eigenvalue weighted by atomic mass is 10.1. The topological polar surface area (TPSA) is 75.2 Å². The number of hydrogen-bond acceptors (Lipinski definition) is 3. The van der Waals surface area contributed by atoms with Crippen molar-refractivity contribution in [1.29, 1.82) is 0 Å². The van der Waals surface area contributed by atoms with E-state index in [0.717, 1.165) is 10.1 Å². The number of rotatable bonds is 5. The van der Waals surface area contributed by atoms with Gasteiger partial charge in [-0.25, -0.2) is 9.18 Å². The van der Waals surface area contributed by atoms with Crippen LogP contribution in [0.5, 0.6) is 0 Å². The fraction of sp³-hybridized carbons (Fsp3) is 0.312. The lowest BCUT2D eigenvalue weighted by Crippen LogP contribution is -2.39.